The minimum Gasteiger partial charge on any atom is -0.598 e. The van der Waals surface area contributed by atoms with Gasteiger partial charge in [0.25, 0.3) is 8.25 Å². The molecule has 2 heterocycles. The van der Waals surface area contributed by atoms with Gasteiger partial charge in [-0.1, -0.05) is 16.7 Å². The molecule has 2 N–H and O–H groups in total. The molecule has 0 saturated heterocycles. The van der Waals surface area contributed by atoms with E-state index in [1.807, 2.05) is 61.2 Å². The Morgan fingerprint density at radius 3 is 1.00 bits per heavy atom. The van der Waals surface area contributed by atoms with E-state index in [-0.39, 0.29) is 0 Å². The number of H-pyrrole nitrogens is 2. The third-order valence-corrected chi connectivity index (χ3v) is 1.21. The Labute approximate surface area is 94.4 Å². The highest BCUT2D eigenvalue weighted by atomic mass is 31.1. The molecule has 0 aromatic carbocycles. The molecule has 0 atom stereocenters. The number of hydrogen-bond acceptors (Lipinski definition) is 3. The second-order valence-corrected chi connectivity index (χ2v) is 2.83. The maximum atomic E-state index is 8.48. The predicted octanol–water partition coefficient (Wildman–Crippen LogP) is -0.634. The van der Waals surface area contributed by atoms with Crippen molar-refractivity contribution in [2.45, 2.75) is 0 Å². The van der Waals surface area contributed by atoms with E-state index in [2.05, 4.69) is 9.97 Å². The van der Waals surface area contributed by atoms with E-state index in [1.165, 1.54) is 0 Å². The average Bonchev–Trinajstić information content (AvgIpc) is 2.34. The third kappa shape index (κ3) is 14.8. The summed E-state index contributed by atoms with van der Waals surface area (Å²) < 4.78 is 8.48. The first-order valence-electron chi connectivity index (χ1n) is 4.37. The van der Waals surface area contributed by atoms with Crippen molar-refractivity contribution in [3.05, 3.63) is 61.2 Å². The maximum absolute atomic E-state index is 8.48. The smallest absolute Gasteiger partial charge is 0.276 e. The van der Waals surface area contributed by atoms with E-state index in [0.29, 0.717) is 0 Å². The topological polar surface area (TPSA) is 91.5 Å². The fourth-order valence-corrected chi connectivity index (χ4v) is 0.684. The van der Waals surface area contributed by atoms with Gasteiger partial charge in [0.2, 0.25) is 0 Å². The first kappa shape index (κ1) is 14.3. The molecule has 0 aliphatic rings. The van der Waals surface area contributed by atoms with Gasteiger partial charge in [-0.05, 0) is 0 Å². The molecule has 0 radical (unpaired) electrons. The lowest BCUT2D eigenvalue weighted by Crippen LogP contribution is -1.97. The number of nitrogens with one attached hydrogen (secondary N) is 2. The van der Waals surface area contributed by atoms with Crippen LogP contribution in [0.5, 0.6) is 0 Å². The molecule has 0 bridgehead atoms. The molecule has 5 nitrogen and oxygen atoms in total. The Kier molecular flexibility index (Phi) is 10.2. The van der Waals surface area contributed by atoms with Gasteiger partial charge in [0.1, 0.15) is 0 Å². The van der Waals surface area contributed by atoms with Crippen LogP contribution in [-0.2, 0) is 4.57 Å². The van der Waals surface area contributed by atoms with Crippen LogP contribution < -0.4 is 19.8 Å². The van der Waals surface area contributed by atoms with Gasteiger partial charge in [0.05, 0.1) is 0 Å². The fraction of sp³-hybridized carbons (Fsp3) is 0. The summed E-state index contributed by atoms with van der Waals surface area (Å²) in [4.78, 5) is 22.7. The molecule has 16 heavy (non-hydrogen) atoms. The number of hydrogen-bond donors (Lipinski definition) is 0. The van der Waals surface area contributed by atoms with Crippen molar-refractivity contribution in [1.29, 1.82) is 0 Å². The first-order valence-corrected chi connectivity index (χ1v) is 5.46. The molecule has 0 unspecified atom stereocenters. The third-order valence-electron chi connectivity index (χ3n) is 1.21. The summed E-state index contributed by atoms with van der Waals surface area (Å²) in [7, 11) is -3.37. The van der Waals surface area contributed by atoms with Crippen LogP contribution in [0, 0.1) is 0 Å². The van der Waals surface area contributed by atoms with Crippen molar-refractivity contribution in [3.63, 3.8) is 0 Å². The number of aromatic nitrogens is 2. The standard InChI is InChI=1S/2C5H5N.HO3P/c2*1-2-4-6-5-3-1;1-4(2)3/h2*1-5H;(H,1,2,3)/p+1. The number of aromatic amines is 2. The zero-order chi connectivity index (χ0) is 12.1. The quantitative estimate of drug-likeness (QED) is 0.573. The molecular weight excluding hydrogens is 227 g/mol. The van der Waals surface area contributed by atoms with Crippen molar-refractivity contribution >= 4 is 8.25 Å². The second kappa shape index (κ2) is 11.4. The van der Waals surface area contributed by atoms with Gasteiger partial charge in [0.15, 0.2) is 24.8 Å². The molecule has 0 aliphatic carbocycles. The Morgan fingerprint density at radius 1 is 0.688 bits per heavy atom. The summed E-state index contributed by atoms with van der Waals surface area (Å²) in [5.74, 6) is 0. The van der Waals surface area contributed by atoms with Crippen molar-refractivity contribution in [1.82, 2.24) is 0 Å². The molecule has 2 rings (SSSR count). The summed E-state index contributed by atoms with van der Waals surface area (Å²) in [5.41, 5.74) is 0. The first-order chi connectivity index (χ1) is 7.73. The van der Waals surface area contributed by atoms with Crippen LogP contribution in [0.2, 0.25) is 0 Å². The van der Waals surface area contributed by atoms with E-state index < -0.39 is 8.25 Å². The summed E-state index contributed by atoms with van der Waals surface area (Å²) in [6, 6.07) is 11.7. The highest BCUT2D eigenvalue weighted by Gasteiger charge is 1.66. The Hall–Kier alpha value is -1.68. The lowest BCUT2D eigenvalue weighted by atomic mass is 10.5. The summed E-state index contributed by atoms with van der Waals surface area (Å²) in [6.07, 6.45) is 7.50. The largest absolute Gasteiger partial charge is 0.598 e. The van der Waals surface area contributed by atoms with Crippen LogP contribution in [-0.4, -0.2) is 0 Å². The van der Waals surface area contributed by atoms with Gasteiger partial charge in [-0.15, -0.1) is 0 Å². The van der Waals surface area contributed by atoms with E-state index in [9.17, 15) is 0 Å². The van der Waals surface area contributed by atoms with E-state index in [0.717, 1.165) is 0 Å². The van der Waals surface area contributed by atoms with Crippen LogP contribution in [0.3, 0.4) is 0 Å². The normalized spacial score (nSPS) is 7.62. The van der Waals surface area contributed by atoms with Crippen molar-refractivity contribution in [2.75, 3.05) is 0 Å². The Balaban J connectivity index is 0.000000217. The molecule has 2 aromatic rings. The summed E-state index contributed by atoms with van der Waals surface area (Å²) >= 11 is 0. The highest BCUT2D eigenvalue weighted by molar-refractivity contribution is 7.27. The maximum Gasteiger partial charge on any atom is 0.276 e. The van der Waals surface area contributed by atoms with Gasteiger partial charge >= 0.3 is 0 Å². The predicted molar refractivity (Wildman–Crippen MR) is 53.6 cm³/mol. The van der Waals surface area contributed by atoms with Crippen LogP contribution >= 0.6 is 8.25 Å². The summed E-state index contributed by atoms with van der Waals surface area (Å²) in [6.45, 7) is 0. The number of pyridine rings is 2. The molecular formula is C10H12N2O3P+. The van der Waals surface area contributed by atoms with Gasteiger partial charge in [-0.25, -0.2) is 9.97 Å². The van der Waals surface area contributed by atoms with E-state index >= 15 is 0 Å². The molecule has 0 aliphatic heterocycles. The van der Waals surface area contributed by atoms with Crippen molar-refractivity contribution in [2.24, 2.45) is 0 Å². The van der Waals surface area contributed by atoms with Crippen molar-refractivity contribution < 1.29 is 24.3 Å². The molecule has 0 spiro atoms. The lowest BCUT2D eigenvalue weighted by molar-refractivity contribution is -0.378. The zero-order valence-corrected chi connectivity index (χ0v) is 9.34. The number of rotatable bonds is 0. The molecule has 84 valence electrons. The molecule has 0 amide bonds. The Bertz CT molecular complexity index is 270. The lowest BCUT2D eigenvalue weighted by Gasteiger charge is -1.75. The van der Waals surface area contributed by atoms with Gasteiger partial charge in [0, 0.05) is 24.3 Å². The second-order valence-electron chi connectivity index (χ2n) is 2.38. The van der Waals surface area contributed by atoms with Crippen LogP contribution in [0.4, 0.5) is 0 Å². The summed E-state index contributed by atoms with van der Waals surface area (Å²) in [5, 5.41) is 0. The minimum absolute atomic E-state index is 1.88. The van der Waals surface area contributed by atoms with Crippen molar-refractivity contribution in [3.8, 4) is 0 Å². The van der Waals surface area contributed by atoms with E-state index in [4.69, 9.17) is 14.4 Å². The monoisotopic (exact) mass is 239 g/mol. The molecule has 2 aromatic heterocycles. The van der Waals surface area contributed by atoms with Crippen LogP contribution in [0.1, 0.15) is 0 Å². The van der Waals surface area contributed by atoms with Crippen LogP contribution in [0.15, 0.2) is 61.2 Å². The van der Waals surface area contributed by atoms with Gasteiger partial charge in [-0.2, -0.15) is 0 Å². The van der Waals surface area contributed by atoms with Gasteiger partial charge < -0.3 is 9.79 Å². The van der Waals surface area contributed by atoms with Gasteiger partial charge in [-0.3, -0.25) is 0 Å². The fourth-order valence-electron chi connectivity index (χ4n) is 0.684. The SMILES string of the molecule is O=[P+]([O-])[O-].c1cc[nH+]cc1.c1cc[nH+]cc1. The molecule has 6 heteroatoms. The highest BCUT2D eigenvalue weighted by Crippen LogP contribution is 1.79. The average molecular weight is 239 g/mol. The Morgan fingerprint density at radius 2 is 0.938 bits per heavy atom. The molecule has 0 fully saturated rings. The van der Waals surface area contributed by atoms with E-state index in [1.54, 1.807) is 0 Å². The minimum atomic E-state index is -3.37. The molecule has 0 saturated carbocycles. The zero-order valence-electron chi connectivity index (χ0n) is 8.45. The van der Waals surface area contributed by atoms with Crippen LogP contribution in [0.25, 0.3) is 0 Å².